The van der Waals surface area contributed by atoms with Crippen LogP contribution in [0.15, 0.2) is 35.8 Å². The second-order valence-corrected chi connectivity index (χ2v) is 8.69. The highest BCUT2D eigenvalue weighted by molar-refractivity contribution is 7.14. The fourth-order valence-electron chi connectivity index (χ4n) is 3.92. The summed E-state index contributed by atoms with van der Waals surface area (Å²) in [7, 11) is 0. The number of nitrogen functional groups attached to an aromatic ring is 1. The first-order valence-corrected chi connectivity index (χ1v) is 12.3. The fraction of sp³-hybridized carbons (Fsp3) is 0.440. The van der Waals surface area contributed by atoms with Crippen LogP contribution in [0.5, 0.6) is 0 Å². The van der Waals surface area contributed by atoms with Crippen molar-refractivity contribution >= 4 is 40.2 Å². The van der Waals surface area contributed by atoms with Gasteiger partial charge in [0.15, 0.2) is 0 Å². The van der Waals surface area contributed by atoms with E-state index >= 15 is 0 Å². The number of nitrogens with two attached hydrogens (primary N) is 1. The van der Waals surface area contributed by atoms with Gasteiger partial charge in [0.25, 0.3) is 0 Å². The minimum Gasteiger partial charge on any atom is -0.396 e. The highest BCUT2D eigenvalue weighted by Gasteiger charge is 2.25. The molecule has 0 amide bonds. The third-order valence-electron chi connectivity index (χ3n) is 5.53. The Morgan fingerprint density at radius 1 is 1.28 bits per heavy atom. The minimum absolute atomic E-state index is 0.151. The normalized spacial score (nSPS) is 16.9. The molecule has 1 fully saturated rings. The number of nitrogens with zero attached hydrogens (tertiary/aromatic N) is 4. The highest BCUT2D eigenvalue weighted by atomic mass is 32.1. The van der Waals surface area contributed by atoms with Gasteiger partial charge in [0.05, 0.1) is 28.6 Å². The van der Waals surface area contributed by atoms with E-state index in [9.17, 15) is 4.39 Å². The summed E-state index contributed by atoms with van der Waals surface area (Å²) in [5.41, 5.74) is 9.80. The molecule has 0 aliphatic carbocycles. The van der Waals surface area contributed by atoms with Crippen LogP contribution in [-0.2, 0) is 6.42 Å². The summed E-state index contributed by atoms with van der Waals surface area (Å²) < 4.78 is 13.6. The quantitative estimate of drug-likeness (QED) is 0.439. The van der Waals surface area contributed by atoms with Crippen LogP contribution in [0.2, 0.25) is 0 Å². The number of hydrogen-bond donors (Lipinski definition) is 1. The minimum atomic E-state index is -0.398. The molecule has 1 aromatic carbocycles. The Morgan fingerprint density at radius 3 is 2.72 bits per heavy atom. The lowest BCUT2D eigenvalue weighted by Gasteiger charge is -2.30. The van der Waals surface area contributed by atoms with Crippen LogP contribution in [-0.4, -0.2) is 42.4 Å². The van der Waals surface area contributed by atoms with E-state index in [1.54, 1.807) is 23.5 Å². The molecule has 0 unspecified atom stereocenters. The van der Waals surface area contributed by atoms with Crippen molar-refractivity contribution in [3.05, 3.63) is 52.2 Å². The smallest absolute Gasteiger partial charge is 0.146 e. The van der Waals surface area contributed by atoms with Crippen molar-refractivity contribution in [1.29, 1.82) is 0 Å². The first-order valence-electron chi connectivity index (χ1n) is 11.5. The van der Waals surface area contributed by atoms with E-state index < -0.39 is 5.82 Å². The summed E-state index contributed by atoms with van der Waals surface area (Å²) in [6.07, 6.45) is 8.42. The number of benzene rings is 1. The van der Waals surface area contributed by atoms with Gasteiger partial charge in [-0.2, -0.15) is 0 Å². The molecule has 0 bridgehead atoms. The molecule has 1 aromatic heterocycles. The van der Waals surface area contributed by atoms with Crippen molar-refractivity contribution in [1.82, 2.24) is 9.88 Å². The summed E-state index contributed by atoms with van der Waals surface area (Å²) in [5.74, 6) is -0.398. The number of anilines is 2. The topological polar surface area (TPSA) is 57.8 Å². The lowest BCUT2D eigenvalue weighted by molar-refractivity contribution is 0.352. The van der Waals surface area contributed by atoms with Gasteiger partial charge < -0.3 is 10.6 Å². The van der Waals surface area contributed by atoms with Gasteiger partial charge in [-0.05, 0) is 50.6 Å². The summed E-state index contributed by atoms with van der Waals surface area (Å²) >= 11 is 1.65. The molecule has 4 rings (SSSR count). The van der Waals surface area contributed by atoms with E-state index in [1.165, 1.54) is 18.9 Å². The zero-order chi connectivity index (χ0) is 23.1. The Morgan fingerprint density at radius 2 is 2.03 bits per heavy atom. The predicted molar refractivity (Wildman–Crippen MR) is 137 cm³/mol. The number of halogens is 1. The van der Waals surface area contributed by atoms with Crippen molar-refractivity contribution in [2.24, 2.45) is 4.99 Å². The SMILES string of the molecule is C=C1c2sc(C(/C=N\CN3CCCC3)=C/CC)nc2CCN1c1ccc(F)c(N)c1.CC. The third kappa shape index (κ3) is 5.45. The van der Waals surface area contributed by atoms with Crippen molar-refractivity contribution in [3.63, 3.8) is 0 Å². The van der Waals surface area contributed by atoms with Crippen molar-refractivity contribution in [2.45, 2.75) is 46.5 Å². The summed E-state index contributed by atoms with van der Waals surface area (Å²) in [4.78, 5) is 15.1. The molecule has 0 spiro atoms. The van der Waals surface area contributed by atoms with E-state index in [0.29, 0.717) is 0 Å². The fourth-order valence-corrected chi connectivity index (χ4v) is 5.02. The molecule has 2 aromatic rings. The molecule has 5 nitrogen and oxygen atoms in total. The van der Waals surface area contributed by atoms with E-state index in [4.69, 9.17) is 10.7 Å². The molecular formula is C25H34FN5S. The maximum absolute atomic E-state index is 13.6. The van der Waals surface area contributed by atoms with Gasteiger partial charge in [0.2, 0.25) is 0 Å². The molecule has 2 N–H and O–H groups in total. The molecule has 2 aliphatic rings. The van der Waals surface area contributed by atoms with Gasteiger partial charge in [0, 0.05) is 30.4 Å². The van der Waals surface area contributed by atoms with E-state index in [1.807, 2.05) is 20.1 Å². The number of thiazole rings is 1. The van der Waals surface area contributed by atoms with E-state index in [-0.39, 0.29) is 5.69 Å². The molecule has 32 heavy (non-hydrogen) atoms. The summed E-state index contributed by atoms with van der Waals surface area (Å²) in [5, 5.41) is 0.980. The molecular weight excluding hydrogens is 421 g/mol. The predicted octanol–water partition coefficient (Wildman–Crippen LogP) is 5.84. The van der Waals surface area contributed by atoms with Gasteiger partial charge >= 0.3 is 0 Å². The molecule has 0 radical (unpaired) electrons. The molecule has 0 saturated carbocycles. The average molecular weight is 456 g/mol. The number of aliphatic imine (C=N–C) groups is 1. The first kappa shape index (κ1) is 24.1. The second kappa shape index (κ2) is 11.4. The van der Waals surface area contributed by atoms with Crippen molar-refractivity contribution in [2.75, 3.05) is 36.9 Å². The van der Waals surface area contributed by atoms with E-state index in [0.717, 1.165) is 71.7 Å². The number of hydrogen-bond acceptors (Lipinski definition) is 6. The van der Waals surface area contributed by atoms with Crippen LogP contribution >= 0.6 is 11.3 Å². The first-order chi connectivity index (χ1) is 15.6. The lowest BCUT2D eigenvalue weighted by atomic mass is 10.1. The number of rotatable bonds is 6. The Labute approximate surface area is 195 Å². The van der Waals surface area contributed by atoms with Gasteiger partial charge in [0.1, 0.15) is 10.8 Å². The van der Waals surface area contributed by atoms with Crippen LogP contribution in [0.3, 0.4) is 0 Å². The number of likely N-dealkylation sites (tertiary alicyclic amines) is 1. The zero-order valence-electron chi connectivity index (χ0n) is 19.4. The van der Waals surface area contributed by atoms with Gasteiger partial charge in [-0.25, -0.2) is 9.37 Å². The van der Waals surface area contributed by atoms with Crippen LogP contribution in [0, 0.1) is 5.82 Å². The monoisotopic (exact) mass is 455 g/mol. The Kier molecular flexibility index (Phi) is 8.59. The van der Waals surface area contributed by atoms with Crippen LogP contribution in [0.4, 0.5) is 15.8 Å². The van der Waals surface area contributed by atoms with Gasteiger partial charge in [-0.1, -0.05) is 33.4 Å². The van der Waals surface area contributed by atoms with Gasteiger partial charge in [-0.3, -0.25) is 9.89 Å². The highest BCUT2D eigenvalue weighted by Crippen LogP contribution is 2.37. The Balaban J connectivity index is 0.00000141. The molecule has 3 heterocycles. The maximum Gasteiger partial charge on any atom is 0.146 e. The number of fused-ring (bicyclic) bond motifs is 1. The largest absolute Gasteiger partial charge is 0.396 e. The molecule has 172 valence electrons. The zero-order valence-corrected chi connectivity index (χ0v) is 20.2. The van der Waals surface area contributed by atoms with E-state index in [2.05, 4.69) is 34.4 Å². The van der Waals surface area contributed by atoms with Crippen molar-refractivity contribution in [3.8, 4) is 0 Å². The lowest BCUT2D eigenvalue weighted by Crippen LogP contribution is -2.28. The van der Waals surface area contributed by atoms with Crippen molar-refractivity contribution < 1.29 is 4.39 Å². The maximum atomic E-state index is 13.6. The molecule has 1 saturated heterocycles. The Bertz CT molecular complexity index is 988. The average Bonchev–Trinajstić information content (AvgIpc) is 3.47. The molecule has 0 atom stereocenters. The third-order valence-corrected chi connectivity index (χ3v) is 6.73. The van der Waals surface area contributed by atoms with Gasteiger partial charge in [-0.15, -0.1) is 11.3 Å². The van der Waals surface area contributed by atoms with Crippen LogP contribution in [0.1, 0.15) is 55.6 Å². The molecule has 7 heteroatoms. The molecule has 2 aliphatic heterocycles. The summed E-state index contributed by atoms with van der Waals surface area (Å²) in [6.45, 7) is 14.2. The summed E-state index contributed by atoms with van der Waals surface area (Å²) in [6, 6.07) is 4.82. The Hall–Kier alpha value is -2.51. The standard InChI is InChI=1S/C23H28FN5S.C2H6/c1-3-6-17(14-26-15-28-10-4-5-11-28)23-27-21-9-12-29(16(2)22(21)30-23)18-7-8-19(24)20(25)13-18;1-2/h6-8,13-14H,2-5,9-12,15,25H2,1H3;1-2H3/b17-6+,26-14-;. The second-order valence-electron chi connectivity index (χ2n) is 7.69. The van der Waals surface area contributed by atoms with Crippen LogP contribution in [0.25, 0.3) is 11.3 Å². The van der Waals surface area contributed by atoms with Crippen LogP contribution < -0.4 is 10.6 Å². The number of allylic oxidation sites excluding steroid dienone is 2. The number of aromatic nitrogens is 1.